The molecule has 4 heteroatoms. The topological polar surface area (TPSA) is 58.6 Å². The van der Waals surface area contributed by atoms with Crippen molar-refractivity contribution in [3.8, 4) is 0 Å². The maximum Gasteiger partial charge on any atom is 0.320 e. The zero-order chi connectivity index (χ0) is 12.8. The number of carbonyl (C=O) groups is 1. The number of aliphatic hydroxyl groups is 1. The fourth-order valence-corrected chi connectivity index (χ4v) is 1.27. The van der Waals surface area contributed by atoms with Crippen LogP contribution in [0.2, 0.25) is 0 Å². The molecule has 0 aromatic rings. The van der Waals surface area contributed by atoms with E-state index in [2.05, 4.69) is 5.32 Å². The SMILES string of the molecule is CC(C)(CCO)CNCC(=O)OC(C)(C)C. The Bertz CT molecular complexity index is 219. The van der Waals surface area contributed by atoms with Crippen molar-refractivity contribution < 1.29 is 14.6 Å². The van der Waals surface area contributed by atoms with Crippen LogP contribution in [0.4, 0.5) is 0 Å². The van der Waals surface area contributed by atoms with Crippen LogP contribution >= 0.6 is 0 Å². The van der Waals surface area contributed by atoms with E-state index in [1.165, 1.54) is 0 Å². The first-order chi connectivity index (χ1) is 7.16. The highest BCUT2D eigenvalue weighted by Crippen LogP contribution is 2.17. The molecule has 0 saturated carbocycles. The minimum absolute atomic E-state index is 0.00321. The molecule has 16 heavy (non-hydrogen) atoms. The van der Waals surface area contributed by atoms with Gasteiger partial charge in [0.15, 0.2) is 0 Å². The molecular weight excluding hydrogens is 206 g/mol. The predicted octanol–water partition coefficient (Wildman–Crippen LogP) is 1.33. The normalized spacial score (nSPS) is 12.6. The second-order valence-electron chi connectivity index (χ2n) is 5.83. The Balaban J connectivity index is 3.78. The summed E-state index contributed by atoms with van der Waals surface area (Å²) in [5, 5.41) is 11.9. The molecular formula is C12H25NO3. The lowest BCUT2D eigenvalue weighted by atomic mass is 9.90. The van der Waals surface area contributed by atoms with Crippen molar-refractivity contribution in [3.05, 3.63) is 0 Å². The summed E-state index contributed by atoms with van der Waals surface area (Å²) in [5.74, 6) is -0.243. The Morgan fingerprint density at radius 3 is 2.25 bits per heavy atom. The van der Waals surface area contributed by atoms with Gasteiger partial charge in [-0.1, -0.05) is 13.8 Å². The second kappa shape index (κ2) is 6.21. The van der Waals surface area contributed by atoms with Crippen LogP contribution in [0.1, 0.15) is 41.0 Å². The summed E-state index contributed by atoms with van der Waals surface area (Å²) in [6, 6.07) is 0. The Kier molecular flexibility index (Phi) is 5.97. The highest BCUT2D eigenvalue weighted by Gasteiger charge is 2.19. The van der Waals surface area contributed by atoms with Crippen LogP contribution in [0, 0.1) is 5.41 Å². The van der Waals surface area contributed by atoms with Crippen molar-refractivity contribution in [2.75, 3.05) is 19.7 Å². The van der Waals surface area contributed by atoms with Crippen LogP contribution in [-0.4, -0.2) is 36.4 Å². The van der Waals surface area contributed by atoms with Crippen LogP contribution in [0.15, 0.2) is 0 Å². The Labute approximate surface area is 98.4 Å². The largest absolute Gasteiger partial charge is 0.459 e. The van der Waals surface area contributed by atoms with Crippen LogP contribution < -0.4 is 5.32 Å². The van der Waals surface area contributed by atoms with Crippen molar-refractivity contribution in [2.45, 2.75) is 46.6 Å². The molecule has 0 fully saturated rings. The number of rotatable bonds is 6. The Morgan fingerprint density at radius 1 is 1.25 bits per heavy atom. The molecule has 0 aliphatic heterocycles. The zero-order valence-electron chi connectivity index (χ0n) is 11.1. The van der Waals surface area contributed by atoms with Crippen molar-refractivity contribution in [1.82, 2.24) is 5.32 Å². The maximum absolute atomic E-state index is 11.4. The van der Waals surface area contributed by atoms with E-state index in [1.54, 1.807) is 0 Å². The van der Waals surface area contributed by atoms with E-state index < -0.39 is 5.60 Å². The van der Waals surface area contributed by atoms with Gasteiger partial charge in [-0.15, -0.1) is 0 Å². The average molecular weight is 231 g/mol. The van der Waals surface area contributed by atoms with Crippen LogP contribution in [0.25, 0.3) is 0 Å². The first-order valence-electron chi connectivity index (χ1n) is 5.70. The van der Waals surface area contributed by atoms with Gasteiger partial charge in [0.1, 0.15) is 5.60 Å². The summed E-state index contributed by atoms with van der Waals surface area (Å²) >= 11 is 0. The van der Waals surface area contributed by atoms with Gasteiger partial charge in [-0.05, 0) is 32.6 Å². The molecule has 0 radical (unpaired) electrons. The summed E-state index contributed by atoms with van der Waals surface area (Å²) in [5.41, 5.74) is -0.434. The fourth-order valence-electron chi connectivity index (χ4n) is 1.27. The van der Waals surface area contributed by atoms with Crippen LogP contribution in [0.3, 0.4) is 0 Å². The molecule has 0 rings (SSSR count). The third-order valence-electron chi connectivity index (χ3n) is 2.08. The molecule has 0 aromatic heterocycles. The molecule has 0 heterocycles. The third kappa shape index (κ3) is 8.68. The van der Waals surface area contributed by atoms with Crippen molar-refractivity contribution in [2.24, 2.45) is 5.41 Å². The molecule has 0 amide bonds. The van der Waals surface area contributed by atoms with E-state index in [1.807, 2.05) is 34.6 Å². The number of esters is 1. The molecule has 0 aliphatic carbocycles. The highest BCUT2D eigenvalue weighted by molar-refractivity contribution is 5.72. The summed E-state index contributed by atoms with van der Waals surface area (Å²) in [7, 11) is 0. The van der Waals surface area contributed by atoms with Crippen molar-refractivity contribution >= 4 is 5.97 Å². The van der Waals surface area contributed by atoms with Crippen molar-refractivity contribution in [1.29, 1.82) is 0 Å². The third-order valence-corrected chi connectivity index (χ3v) is 2.08. The highest BCUT2D eigenvalue weighted by atomic mass is 16.6. The summed E-state index contributed by atoms with van der Waals surface area (Å²) in [6.07, 6.45) is 0.717. The molecule has 96 valence electrons. The van der Waals surface area contributed by atoms with Crippen molar-refractivity contribution in [3.63, 3.8) is 0 Å². The van der Waals surface area contributed by atoms with Gasteiger partial charge in [0.2, 0.25) is 0 Å². The minimum atomic E-state index is -0.431. The van der Waals surface area contributed by atoms with E-state index in [0.717, 1.165) is 0 Å². The lowest BCUT2D eigenvalue weighted by molar-refractivity contribution is -0.153. The summed E-state index contributed by atoms with van der Waals surface area (Å²) in [6.45, 7) is 10.7. The molecule has 4 nitrogen and oxygen atoms in total. The Morgan fingerprint density at radius 2 is 1.81 bits per heavy atom. The van der Waals surface area contributed by atoms with Gasteiger partial charge in [-0.2, -0.15) is 0 Å². The standard InChI is InChI=1S/C12H25NO3/c1-11(2,3)16-10(15)8-13-9-12(4,5)6-7-14/h13-14H,6-9H2,1-5H3. The molecule has 0 spiro atoms. The Hall–Kier alpha value is -0.610. The lowest BCUT2D eigenvalue weighted by Crippen LogP contribution is -2.36. The molecule has 0 saturated heterocycles. The average Bonchev–Trinajstić information content (AvgIpc) is 1.99. The molecule has 0 aliphatic rings. The number of nitrogens with one attached hydrogen (secondary N) is 1. The van der Waals surface area contributed by atoms with E-state index >= 15 is 0 Å². The minimum Gasteiger partial charge on any atom is -0.459 e. The molecule has 0 aromatic carbocycles. The van der Waals surface area contributed by atoms with Gasteiger partial charge < -0.3 is 15.2 Å². The van der Waals surface area contributed by atoms with E-state index in [4.69, 9.17) is 9.84 Å². The number of ether oxygens (including phenoxy) is 1. The van der Waals surface area contributed by atoms with Gasteiger partial charge in [0.25, 0.3) is 0 Å². The maximum atomic E-state index is 11.4. The number of hydrogen-bond donors (Lipinski definition) is 2. The molecule has 0 bridgehead atoms. The van der Waals surface area contributed by atoms with Gasteiger partial charge in [-0.3, -0.25) is 4.79 Å². The van der Waals surface area contributed by atoms with E-state index in [-0.39, 0.29) is 24.5 Å². The fraction of sp³-hybridized carbons (Fsp3) is 0.917. The van der Waals surface area contributed by atoms with Gasteiger partial charge in [0, 0.05) is 13.2 Å². The summed E-state index contributed by atoms with van der Waals surface area (Å²) < 4.78 is 5.16. The van der Waals surface area contributed by atoms with Gasteiger partial charge in [-0.25, -0.2) is 0 Å². The smallest absolute Gasteiger partial charge is 0.320 e. The van der Waals surface area contributed by atoms with E-state index in [0.29, 0.717) is 13.0 Å². The first-order valence-corrected chi connectivity index (χ1v) is 5.70. The molecule has 0 unspecified atom stereocenters. The monoisotopic (exact) mass is 231 g/mol. The quantitative estimate of drug-likeness (QED) is 0.677. The summed E-state index contributed by atoms with van der Waals surface area (Å²) in [4.78, 5) is 11.4. The predicted molar refractivity (Wildman–Crippen MR) is 64.2 cm³/mol. The van der Waals surface area contributed by atoms with Crippen LogP contribution in [0.5, 0.6) is 0 Å². The lowest BCUT2D eigenvalue weighted by Gasteiger charge is -2.24. The van der Waals surface area contributed by atoms with Gasteiger partial charge in [0.05, 0.1) is 6.54 Å². The number of hydrogen-bond acceptors (Lipinski definition) is 4. The second-order valence-corrected chi connectivity index (χ2v) is 5.83. The number of carbonyl (C=O) groups excluding carboxylic acids is 1. The number of aliphatic hydroxyl groups excluding tert-OH is 1. The molecule has 2 N–H and O–H groups in total. The zero-order valence-corrected chi connectivity index (χ0v) is 11.1. The van der Waals surface area contributed by atoms with Crippen LogP contribution in [-0.2, 0) is 9.53 Å². The van der Waals surface area contributed by atoms with E-state index in [9.17, 15) is 4.79 Å². The molecule has 0 atom stereocenters. The van der Waals surface area contributed by atoms with Gasteiger partial charge >= 0.3 is 5.97 Å². The first kappa shape index (κ1) is 15.4.